The van der Waals surface area contributed by atoms with Crippen LogP contribution in [0.15, 0.2) is 59.9 Å². The molecule has 2 heterocycles. The zero-order valence-electron chi connectivity index (χ0n) is 17.2. The number of pyridine rings is 1. The third-order valence-electron chi connectivity index (χ3n) is 4.31. The van der Waals surface area contributed by atoms with E-state index < -0.39 is 15.9 Å². The number of quaternary nitrogens is 1. The summed E-state index contributed by atoms with van der Waals surface area (Å²) >= 11 is 0. The van der Waals surface area contributed by atoms with Crippen molar-refractivity contribution in [1.82, 2.24) is 19.7 Å². The molecule has 2 aromatic heterocycles. The average molecular weight is 443 g/mol. The van der Waals surface area contributed by atoms with Gasteiger partial charge in [-0.3, -0.25) is 9.78 Å². The number of nitrogens with two attached hydrogens (primary N) is 1. The highest BCUT2D eigenvalue weighted by Crippen LogP contribution is 2.21. The van der Waals surface area contributed by atoms with Gasteiger partial charge >= 0.3 is 0 Å². The first-order valence-corrected chi connectivity index (χ1v) is 11.0. The minimum atomic E-state index is -3.61. The van der Waals surface area contributed by atoms with Crippen molar-refractivity contribution in [3.8, 4) is 11.3 Å². The van der Waals surface area contributed by atoms with Crippen molar-refractivity contribution in [2.45, 2.75) is 4.90 Å². The predicted molar refractivity (Wildman–Crippen MR) is 117 cm³/mol. The second-order valence-electron chi connectivity index (χ2n) is 7.06. The van der Waals surface area contributed by atoms with Crippen LogP contribution < -0.4 is 20.7 Å². The fourth-order valence-electron chi connectivity index (χ4n) is 2.66. The Bertz CT molecular complexity index is 1150. The van der Waals surface area contributed by atoms with Gasteiger partial charge in [-0.1, -0.05) is 12.1 Å². The molecule has 11 heteroatoms. The maximum Gasteiger partial charge on any atom is 0.278 e. The summed E-state index contributed by atoms with van der Waals surface area (Å²) in [5.41, 5.74) is 7.28. The minimum Gasteiger partial charge on any atom is -0.382 e. The van der Waals surface area contributed by atoms with Crippen LogP contribution in [-0.4, -0.2) is 56.5 Å². The lowest BCUT2D eigenvalue weighted by Gasteiger charge is -2.10. The van der Waals surface area contributed by atoms with Gasteiger partial charge in [0.1, 0.15) is 0 Å². The standard InChI is InChI=1S/C20H23N7O3S/c1-27(2)11-10-24-31(29,30)16-7-5-14(6-8-16)17-13-23-19(21)18(26-17)20(28)25-15-4-3-9-22-12-15/h3-9,12-13,24H,10-11H2,1-2H3,(H2,21,23)(H,25,28)/p+1. The lowest BCUT2D eigenvalue weighted by Crippen LogP contribution is -3.06. The molecule has 0 saturated carbocycles. The van der Waals surface area contributed by atoms with Crippen molar-refractivity contribution in [3.63, 3.8) is 0 Å². The summed E-state index contributed by atoms with van der Waals surface area (Å²) in [5.74, 6) is -0.539. The van der Waals surface area contributed by atoms with E-state index in [9.17, 15) is 13.2 Å². The van der Waals surface area contributed by atoms with Crippen LogP contribution in [0, 0.1) is 0 Å². The smallest absolute Gasteiger partial charge is 0.278 e. The molecular weight excluding hydrogens is 418 g/mol. The van der Waals surface area contributed by atoms with Gasteiger partial charge in [-0.15, -0.1) is 0 Å². The molecule has 0 fully saturated rings. The van der Waals surface area contributed by atoms with E-state index in [1.54, 1.807) is 30.5 Å². The number of carbonyl (C=O) groups excluding carboxylic acids is 1. The molecule has 31 heavy (non-hydrogen) atoms. The van der Waals surface area contributed by atoms with Gasteiger partial charge in [0.2, 0.25) is 10.0 Å². The van der Waals surface area contributed by atoms with Crippen LogP contribution in [0.3, 0.4) is 0 Å². The minimum absolute atomic E-state index is 0.0171. The van der Waals surface area contributed by atoms with Gasteiger partial charge in [-0.05, 0) is 24.3 Å². The molecule has 3 rings (SSSR count). The van der Waals surface area contributed by atoms with Crippen molar-refractivity contribution in [2.24, 2.45) is 0 Å². The Labute approximate surface area is 180 Å². The summed E-state index contributed by atoms with van der Waals surface area (Å²) in [6.45, 7) is 1.01. The second kappa shape index (κ2) is 9.60. The number of sulfonamides is 1. The molecule has 0 unspecified atom stereocenters. The van der Waals surface area contributed by atoms with Crippen molar-refractivity contribution >= 4 is 27.4 Å². The number of amides is 1. The fraction of sp³-hybridized carbons (Fsp3) is 0.200. The van der Waals surface area contributed by atoms with Crippen molar-refractivity contribution in [2.75, 3.05) is 38.2 Å². The van der Waals surface area contributed by atoms with Crippen LogP contribution in [0.1, 0.15) is 10.5 Å². The van der Waals surface area contributed by atoms with Crippen LogP contribution in [0.25, 0.3) is 11.3 Å². The maximum absolute atomic E-state index is 12.5. The monoisotopic (exact) mass is 442 g/mol. The lowest BCUT2D eigenvalue weighted by atomic mass is 10.1. The van der Waals surface area contributed by atoms with E-state index in [4.69, 9.17) is 5.73 Å². The molecule has 3 aromatic rings. The Morgan fingerprint density at radius 3 is 2.52 bits per heavy atom. The van der Waals surface area contributed by atoms with Gasteiger partial charge in [0.15, 0.2) is 11.5 Å². The zero-order valence-corrected chi connectivity index (χ0v) is 18.0. The summed E-state index contributed by atoms with van der Waals surface area (Å²) in [7, 11) is 0.286. The summed E-state index contributed by atoms with van der Waals surface area (Å²) < 4.78 is 27.4. The third kappa shape index (κ3) is 5.81. The molecule has 0 aliphatic carbocycles. The fourth-order valence-corrected chi connectivity index (χ4v) is 3.69. The Morgan fingerprint density at radius 2 is 1.87 bits per heavy atom. The number of carbonyl (C=O) groups is 1. The van der Waals surface area contributed by atoms with E-state index in [1.165, 1.54) is 24.5 Å². The highest BCUT2D eigenvalue weighted by molar-refractivity contribution is 7.89. The van der Waals surface area contributed by atoms with Gasteiger partial charge in [0.25, 0.3) is 5.91 Å². The molecule has 162 valence electrons. The van der Waals surface area contributed by atoms with Crippen LogP contribution in [0.5, 0.6) is 0 Å². The predicted octanol–water partition coefficient (Wildman–Crippen LogP) is -0.204. The number of hydrogen-bond acceptors (Lipinski definition) is 7. The Balaban J connectivity index is 1.79. The number of hydrogen-bond donors (Lipinski definition) is 4. The maximum atomic E-state index is 12.5. The first-order chi connectivity index (χ1) is 14.8. The number of anilines is 2. The van der Waals surface area contributed by atoms with Gasteiger partial charge in [-0.2, -0.15) is 0 Å². The first kappa shape index (κ1) is 22.3. The van der Waals surface area contributed by atoms with Gasteiger partial charge < -0.3 is 16.0 Å². The van der Waals surface area contributed by atoms with Crippen LogP contribution in [0.2, 0.25) is 0 Å². The van der Waals surface area contributed by atoms with E-state index in [1.807, 2.05) is 14.1 Å². The summed E-state index contributed by atoms with van der Waals surface area (Å²) in [6.07, 6.45) is 4.52. The average Bonchev–Trinajstić information content (AvgIpc) is 2.74. The summed E-state index contributed by atoms with van der Waals surface area (Å²) in [5, 5.41) is 2.66. The van der Waals surface area contributed by atoms with E-state index in [-0.39, 0.29) is 16.4 Å². The number of likely N-dealkylation sites (N-methyl/N-ethyl adjacent to an activating group) is 1. The normalized spacial score (nSPS) is 11.5. The topological polar surface area (TPSA) is 144 Å². The largest absolute Gasteiger partial charge is 0.382 e. The quantitative estimate of drug-likeness (QED) is 0.378. The molecule has 0 saturated heterocycles. The molecule has 0 spiro atoms. The number of aromatic nitrogens is 3. The van der Waals surface area contributed by atoms with Gasteiger partial charge in [0.05, 0.1) is 55.9 Å². The van der Waals surface area contributed by atoms with Crippen molar-refractivity contribution in [3.05, 3.63) is 60.7 Å². The highest BCUT2D eigenvalue weighted by atomic mass is 32.2. The Morgan fingerprint density at radius 1 is 1.13 bits per heavy atom. The Kier molecular flexibility index (Phi) is 6.90. The molecule has 10 nitrogen and oxygen atoms in total. The number of rotatable bonds is 8. The first-order valence-electron chi connectivity index (χ1n) is 9.49. The third-order valence-corrected chi connectivity index (χ3v) is 5.79. The van der Waals surface area contributed by atoms with E-state index in [2.05, 4.69) is 25.0 Å². The molecule has 0 radical (unpaired) electrons. The van der Waals surface area contributed by atoms with Crippen LogP contribution in [0.4, 0.5) is 11.5 Å². The number of nitrogen functional groups attached to an aromatic ring is 1. The van der Waals surface area contributed by atoms with E-state index >= 15 is 0 Å². The number of benzene rings is 1. The van der Waals surface area contributed by atoms with Gasteiger partial charge in [-0.25, -0.2) is 23.1 Å². The molecule has 0 aliphatic heterocycles. The number of nitrogens with one attached hydrogen (secondary N) is 3. The molecule has 1 amide bonds. The van der Waals surface area contributed by atoms with Crippen LogP contribution in [-0.2, 0) is 10.0 Å². The van der Waals surface area contributed by atoms with E-state index in [0.717, 1.165) is 4.90 Å². The Hall–Kier alpha value is -3.41. The molecular formula is C20H24N7O3S+. The SMILES string of the molecule is C[NH+](C)CCNS(=O)(=O)c1ccc(-c2cnc(N)c(C(=O)Nc3cccnc3)n2)cc1. The van der Waals surface area contributed by atoms with Crippen molar-refractivity contribution in [1.29, 1.82) is 0 Å². The van der Waals surface area contributed by atoms with Gasteiger partial charge in [0, 0.05) is 11.8 Å². The lowest BCUT2D eigenvalue weighted by molar-refractivity contribution is -0.856. The highest BCUT2D eigenvalue weighted by Gasteiger charge is 2.17. The molecule has 0 bridgehead atoms. The second-order valence-corrected chi connectivity index (χ2v) is 8.83. The zero-order chi connectivity index (χ0) is 22.4. The summed E-state index contributed by atoms with van der Waals surface area (Å²) in [6, 6.07) is 9.55. The number of nitrogens with zero attached hydrogens (tertiary/aromatic N) is 3. The van der Waals surface area contributed by atoms with E-state index in [0.29, 0.717) is 30.0 Å². The summed E-state index contributed by atoms with van der Waals surface area (Å²) in [4.78, 5) is 26.1. The molecule has 5 N–H and O–H groups in total. The molecule has 0 atom stereocenters. The molecule has 0 aliphatic rings. The van der Waals surface area contributed by atoms with Crippen molar-refractivity contribution < 1.29 is 18.1 Å². The molecule has 1 aromatic carbocycles. The van der Waals surface area contributed by atoms with Crippen LogP contribution >= 0.6 is 0 Å².